The van der Waals surface area contributed by atoms with Gasteiger partial charge in [-0.3, -0.25) is 4.79 Å². The fourth-order valence-electron chi connectivity index (χ4n) is 3.27. The Kier molecular flexibility index (Phi) is 3.73. The quantitative estimate of drug-likeness (QED) is 0.860. The summed E-state index contributed by atoms with van der Waals surface area (Å²) in [5.41, 5.74) is 0. The number of hydrogen-bond acceptors (Lipinski definition) is 5. The van der Waals surface area contributed by atoms with Crippen LogP contribution in [-0.2, 0) is 34.0 Å². The van der Waals surface area contributed by atoms with E-state index in [-0.39, 0.29) is 17.4 Å². The Hall–Kier alpha value is -1.44. The predicted octanol–water partition coefficient (Wildman–Crippen LogP) is 0.292. The molecule has 3 rings (SSSR count). The third-order valence-corrected chi connectivity index (χ3v) is 6.29. The van der Waals surface area contributed by atoms with Crippen molar-refractivity contribution in [2.45, 2.75) is 38.6 Å². The second-order valence-electron chi connectivity index (χ2n) is 6.04. The number of aliphatic carboxylic acids is 1. The molecule has 0 spiro atoms. The molecule has 0 bridgehead atoms. The Morgan fingerprint density at radius 2 is 2.14 bits per heavy atom. The molecule has 0 amide bonds. The Morgan fingerprint density at radius 1 is 1.33 bits per heavy atom. The van der Waals surface area contributed by atoms with E-state index < -0.39 is 21.7 Å². The van der Waals surface area contributed by atoms with Gasteiger partial charge in [0.05, 0.1) is 17.4 Å². The molecule has 0 radical (unpaired) electrons. The molecule has 1 aromatic rings. The normalized spacial score (nSPS) is 28.0. The Balaban J connectivity index is 1.76. The average Bonchev–Trinajstić information content (AvgIpc) is 2.80. The third-order valence-electron chi connectivity index (χ3n) is 4.40. The highest BCUT2D eigenvalue weighted by atomic mass is 32.2. The molecule has 1 N–H and O–H groups in total. The lowest BCUT2D eigenvalue weighted by Crippen LogP contribution is -2.30. The molecular weight excluding hydrogens is 294 g/mol. The number of rotatable bonds is 3. The van der Waals surface area contributed by atoms with Gasteiger partial charge in [0.25, 0.3) is 0 Å². The number of nitrogens with zero attached hydrogens (tertiary/aromatic N) is 3. The van der Waals surface area contributed by atoms with Crippen molar-refractivity contribution >= 4 is 15.8 Å². The molecule has 2 aliphatic heterocycles. The summed E-state index contributed by atoms with van der Waals surface area (Å²) in [7, 11) is -2.93. The van der Waals surface area contributed by atoms with Gasteiger partial charge in [-0.2, -0.15) is 0 Å². The summed E-state index contributed by atoms with van der Waals surface area (Å²) in [5.74, 6) is 0.921. The molecule has 7 nitrogen and oxygen atoms in total. The summed E-state index contributed by atoms with van der Waals surface area (Å²) in [6.07, 6.45) is 3.35. The summed E-state index contributed by atoms with van der Waals surface area (Å²) in [5, 5.41) is 17.4. The van der Waals surface area contributed by atoms with Crippen LogP contribution in [0.25, 0.3) is 0 Å². The fraction of sp³-hybridized carbons (Fsp3) is 0.769. The smallest absolute Gasteiger partial charge is 0.308 e. The van der Waals surface area contributed by atoms with Gasteiger partial charge in [-0.25, -0.2) is 8.42 Å². The van der Waals surface area contributed by atoms with E-state index in [2.05, 4.69) is 10.2 Å². The predicted molar refractivity (Wildman–Crippen MR) is 74.6 cm³/mol. The van der Waals surface area contributed by atoms with E-state index >= 15 is 0 Å². The van der Waals surface area contributed by atoms with Gasteiger partial charge in [0.15, 0.2) is 9.84 Å². The Bertz CT molecular complexity index is 652. The van der Waals surface area contributed by atoms with Gasteiger partial charge < -0.3 is 9.67 Å². The number of hydrogen-bond donors (Lipinski definition) is 1. The molecular formula is C13H19N3O4S. The lowest BCUT2D eigenvalue weighted by molar-refractivity contribution is -0.142. The zero-order chi connectivity index (χ0) is 15.0. The van der Waals surface area contributed by atoms with Gasteiger partial charge >= 0.3 is 5.97 Å². The van der Waals surface area contributed by atoms with Gasteiger partial charge in [-0.05, 0) is 25.2 Å². The standard InChI is InChI=1S/C13H19N3O4S/c17-13(18)10-3-4-11-14-15-12(16(11)7-10)6-9-2-1-5-21(19,20)8-9/h9-10H,1-8H2,(H,17,18). The molecule has 21 heavy (non-hydrogen) atoms. The molecule has 2 atom stereocenters. The van der Waals surface area contributed by atoms with Crippen molar-refractivity contribution < 1.29 is 18.3 Å². The summed E-state index contributed by atoms with van der Waals surface area (Å²) >= 11 is 0. The molecule has 2 aliphatic rings. The van der Waals surface area contributed by atoms with Gasteiger partial charge in [-0.1, -0.05) is 0 Å². The summed E-state index contributed by atoms with van der Waals surface area (Å²) in [4.78, 5) is 11.1. The number of carbonyl (C=O) groups is 1. The van der Waals surface area contributed by atoms with Crippen molar-refractivity contribution in [2.24, 2.45) is 11.8 Å². The van der Waals surface area contributed by atoms with Crippen LogP contribution in [0.1, 0.15) is 30.9 Å². The van der Waals surface area contributed by atoms with E-state index in [1.54, 1.807) is 0 Å². The van der Waals surface area contributed by atoms with Crippen molar-refractivity contribution in [1.29, 1.82) is 0 Å². The van der Waals surface area contributed by atoms with E-state index in [9.17, 15) is 13.2 Å². The minimum atomic E-state index is -2.93. The van der Waals surface area contributed by atoms with Crippen LogP contribution in [0.3, 0.4) is 0 Å². The first kappa shape index (κ1) is 14.5. The second kappa shape index (κ2) is 5.40. The van der Waals surface area contributed by atoms with Crippen molar-refractivity contribution in [1.82, 2.24) is 14.8 Å². The first-order valence-electron chi connectivity index (χ1n) is 7.29. The third kappa shape index (κ3) is 3.09. The van der Waals surface area contributed by atoms with E-state index in [0.29, 0.717) is 32.2 Å². The highest BCUT2D eigenvalue weighted by Gasteiger charge is 2.30. The SMILES string of the molecule is O=C(O)C1CCc2nnc(CC3CCCS(=O)(=O)C3)n2C1. The van der Waals surface area contributed by atoms with E-state index in [1.807, 2.05) is 4.57 Å². The molecule has 3 heterocycles. The Labute approximate surface area is 123 Å². The van der Waals surface area contributed by atoms with Gasteiger partial charge in [-0.15, -0.1) is 10.2 Å². The second-order valence-corrected chi connectivity index (χ2v) is 8.27. The zero-order valence-corrected chi connectivity index (χ0v) is 12.5. The average molecular weight is 313 g/mol. The van der Waals surface area contributed by atoms with Crippen LogP contribution >= 0.6 is 0 Å². The topological polar surface area (TPSA) is 102 Å². The molecule has 0 saturated carbocycles. The molecule has 0 aliphatic carbocycles. The monoisotopic (exact) mass is 313 g/mol. The maximum atomic E-state index is 11.7. The van der Waals surface area contributed by atoms with Gasteiger partial charge in [0.2, 0.25) is 0 Å². The first-order valence-corrected chi connectivity index (χ1v) is 9.11. The van der Waals surface area contributed by atoms with Crippen LogP contribution in [0.2, 0.25) is 0 Å². The van der Waals surface area contributed by atoms with Crippen LogP contribution in [0.4, 0.5) is 0 Å². The maximum Gasteiger partial charge on any atom is 0.308 e. The van der Waals surface area contributed by atoms with Crippen LogP contribution < -0.4 is 0 Å². The van der Waals surface area contributed by atoms with E-state index in [1.165, 1.54) is 0 Å². The Morgan fingerprint density at radius 3 is 2.86 bits per heavy atom. The highest BCUT2D eigenvalue weighted by molar-refractivity contribution is 7.91. The lowest BCUT2D eigenvalue weighted by atomic mass is 9.98. The summed E-state index contributed by atoms with van der Waals surface area (Å²) < 4.78 is 25.3. The van der Waals surface area contributed by atoms with Crippen LogP contribution in [0.15, 0.2) is 0 Å². The number of fused-ring (bicyclic) bond motifs is 1. The van der Waals surface area contributed by atoms with Crippen LogP contribution in [-0.4, -0.2) is 45.8 Å². The van der Waals surface area contributed by atoms with E-state index in [4.69, 9.17) is 5.11 Å². The maximum absolute atomic E-state index is 11.7. The number of aromatic nitrogens is 3. The highest BCUT2D eigenvalue weighted by Crippen LogP contribution is 2.25. The number of sulfone groups is 1. The van der Waals surface area contributed by atoms with Crippen molar-refractivity contribution in [2.75, 3.05) is 11.5 Å². The lowest BCUT2D eigenvalue weighted by Gasteiger charge is -2.24. The van der Waals surface area contributed by atoms with Gasteiger partial charge in [0, 0.05) is 19.4 Å². The minimum Gasteiger partial charge on any atom is -0.481 e. The minimum absolute atomic E-state index is 0.0715. The van der Waals surface area contributed by atoms with Gasteiger partial charge in [0.1, 0.15) is 11.6 Å². The largest absolute Gasteiger partial charge is 0.481 e. The molecule has 1 aromatic heterocycles. The molecule has 0 aromatic carbocycles. The van der Waals surface area contributed by atoms with Crippen LogP contribution in [0.5, 0.6) is 0 Å². The molecule has 8 heteroatoms. The summed E-state index contributed by atoms with van der Waals surface area (Å²) in [6.45, 7) is 0.395. The number of aryl methyl sites for hydroxylation is 1. The number of carboxylic acids is 1. The van der Waals surface area contributed by atoms with Crippen LogP contribution in [0, 0.1) is 11.8 Å². The number of carboxylic acid groups (broad SMARTS) is 1. The first-order chi connectivity index (χ1) is 9.94. The van der Waals surface area contributed by atoms with E-state index in [0.717, 1.165) is 18.1 Å². The molecule has 1 fully saturated rings. The molecule has 1 saturated heterocycles. The van der Waals surface area contributed by atoms with Crippen molar-refractivity contribution in [3.8, 4) is 0 Å². The van der Waals surface area contributed by atoms with Crippen molar-refractivity contribution in [3.05, 3.63) is 11.6 Å². The molecule has 116 valence electrons. The zero-order valence-electron chi connectivity index (χ0n) is 11.7. The fourth-order valence-corrected chi connectivity index (χ4v) is 5.05. The van der Waals surface area contributed by atoms with Crippen molar-refractivity contribution in [3.63, 3.8) is 0 Å². The molecule has 2 unspecified atom stereocenters. The summed E-state index contributed by atoms with van der Waals surface area (Å²) in [6, 6.07) is 0.